The van der Waals surface area contributed by atoms with Crippen LogP contribution in [-0.4, -0.2) is 17.5 Å². The quantitative estimate of drug-likeness (QED) is 0.115. The molecular formula is C43H52O4. The maximum absolute atomic E-state index is 13.2. The molecule has 4 heteroatoms. The largest absolute Gasteiger partial charge is 0.456 e. The normalized spacial score (nSPS) is 11.8. The van der Waals surface area contributed by atoms with Crippen molar-refractivity contribution in [1.82, 2.24) is 0 Å². The maximum atomic E-state index is 13.2. The van der Waals surface area contributed by atoms with E-state index < -0.39 is 5.60 Å². The van der Waals surface area contributed by atoms with Crippen molar-refractivity contribution in [2.75, 3.05) is 0 Å². The van der Waals surface area contributed by atoms with E-state index in [2.05, 4.69) is 58.9 Å². The highest BCUT2D eigenvalue weighted by atomic mass is 16.6. The van der Waals surface area contributed by atoms with Gasteiger partial charge in [-0.15, -0.1) is 0 Å². The maximum Gasteiger partial charge on any atom is 0.343 e. The smallest absolute Gasteiger partial charge is 0.343 e. The van der Waals surface area contributed by atoms with Crippen molar-refractivity contribution in [2.45, 2.75) is 112 Å². The standard InChI is InChI=1S/C43H52O4/c1-11-42(9,12-2)38-28(5)23-32(24-29(38)6)27-33-25-30(7)39(31(8)26-33)46-40(44)36-19-15-34(16-20-36)35-17-21-37(22-18-35)41(45)47-43(10,13-3)14-4/h15-26H,11-14,27H2,1-10H3. The first kappa shape index (κ1) is 35.7. The lowest BCUT2D eigenvalue weighted by molar-refractivity contribution is -0.0131. The number of hydrogen-bond acceptors (Lipinski definition) is 4. The third-order valence-electron chi connectivity index (χ3n) is 10.3. The summed E-state index contributed by atoms with van der Waals surface area (Å²) >= 11 is 0. The van der Waals surface area contributed by atoms with Gasteiger partial charge in [0.05, 0.1) is 11.1 Å². The molecular weight excluding hydrogens is 580 g/mol. The van der Waals surface area contributed by atoms with Crippen molar-refractivity contribution in [3.63, 3.8) is 0 Å². The summed E-state index contributed by atoms with van der Waals surface area (Å²) in [6.07, 6.45) is 4.60. The van der Waals surface area contributed by atoms with Gasteiger partial charge in [-0.3, -0.25) is 0 Å². The molecule has 0 spiro atoms. The van der Waals surface area contributed by atoms with E-state index in [4.69, 9.17) is 9.47 Å². The second-order valence-corrected chi connectivity index (χ2v) is 13.7. The highest BCUT2D eigenvalue weighted by molar-refractivity contribution is 5.92. The summed E-state index contributed by atoms with van der Waals surface area (Å²) in [6.45, 7) is 21.4. The monoisotopic (exact) mass is 632 g/mol. The van der Waals surface area contributed by atoms with Gasteiger partial charge in [0.1, 0.15) is 11.4 Å². The fraction of sp³-hybridized carbons (Fsp3) is 0.395. The molecule has 0 aliphatic rings. The Kier molecular flexibility index (Phi) is 11.2. The van der Waals surface area contributed by atoms with E-state index in [0.29, 0.717) is 16.9 Å². The number of carbonyl (C=O) groups excluding carboxylic acids is 2. The minimum Gasteiger partial charge on any atom is -0.456 e. The summed E-state index contributed by atoms with van der Waals surface area (Å²) in [5, 5.41) is 0. The molecule has 0 unspecified atom stereocenters. The molecule has 4 rings (SSSR count). The number of esters is 2. The lowest BCUT2D eigenvalue weighted by Crippen LogP contribution is -2.30. The van der Waals surface area contributed by atoms with Gasteiger partial charge in [0.2, 0.25) is 0 Å². The van der Waals surface area contributed by atoms with Crippen LogP contribution in [0, 0.1) is 27.7 Å². The Morgan fingerprint density at radius 2 is 0.979 bits per heavy atom. The summed E-state index contributed by atoms with van der Waals surface area (Å²) < 4.78 is 11.7. The van der Waals surface area contributed by atoms with Gasteiger partial charge in [0.15, 0.2) is 0 Å². The van der Waals surface area contributed by atoms with Gasteiger partial charge in [0.25, 0.3) is 0 Å². The lowest BCUT2D eigenvalue weighted by Gasteiger charge is -2.31. The minimum absolute atomic E-state index is 0.194. The molecule has 0 aromatic heterocycles. The van der Waals surface area contributed by atoms with Crippen LogP contribution in [0.1, 0.15) is 127 Å². The van der Waals surface area contributed by atoms with Crippen molar-refractivity contribution in [1.29, 1.82) is 0 Å². The van der Waals surface area contributed by atoms with E-state index >= 15 is 0 Å². The number of hydrogen-bond donors (Lipinski definition) is 0. The van der Waals surface area contributed by atoms with Gasteiger partial charge in [0, 0.05) is 0 Å². The zero-order chi connectivity index (χ0) is 34.5. The van der Waals surface area contributed by atoms with Crippen LogP contribution in [-0.2, 0) is 16.6 Å². The molecule has 0 fully saturated rings. The molecule has 0 atom stereocenters. The van der Waals surface area contributed by atoms with Crippen LogP contribution in [0.15, 0.2) is 72.8 Å². The molecule has 0 aliphatic carbocycles. The van der Waals surface area contributed by atoms with Gasteiger partial charge in [-0.25, -0.2) is 9.59 Å². The van der Waals surface area contributed by atoms with Crippen LogP contribution < -0.4 is 4.74 Å². The summed E-state index contributed by atoms with van der Waals surface area (Å²) in [5.41, 5.74) is 11.2. The lowest BCUT2D eigenvalue weighted by atomic mass is 9.73. The second kappa shape index (κ2) is 14.7. The van der Waals surface area contributed by atoms with Crippen LogP contribution in [0.3, 0.4) is 0 Å². The van der Waals surface area contributed by atoms with Crippen molar-refractivity contribution in [3.8, 4) is 16.9 Å². The van der Waals surface area contributed by atoms with Crippen LogP contribution in [0.4, 0.5) is 0 Å². The number of aryl methyl sites for hydroxylation is 4. The first-order valence-electron chi connectivity index (χ1n) is 17.1. The molecule has 4 aromatic rings. The first-order chi connectivity index (χ1) is 22.3. The molecule has 0 aliphatic heterocycles. The van der Waals surface area contributed by atoms with Gasteiger partial charge in [-0.05, 0) is 146 Å². The zero-order valence-electron chi connectivity index (χ0n) is 30.1. The number of carbonyl (C=O) groups is 2. The Hall–Kier alpha value is -4.18. The molecule has 0 saturated heterocycles. The van der Waals surface area contributed by atoms with Crippen LogP contribution in [0.2, 0.25) is 0 Å². The fourth-order valence-corrected chi connectivity index (χ4v) is 6.68. The van der Waals surface area contributed by atoms with Gasteiger partial charge in [-0.1, -0.05) is 83.1 Å². The summed E-state index contributed by atoms with van der Waals surface area (Å²) in [4.78, 5) is 25.8. The van der Waals surface area contributed by atoms with E-state index in [1.165, 1.54) is 27.8 Å². The molecule has 0 amide bonds. The Morgan fingerprint density at radius 1 is 0.574 bits per heavy atom. The first-order valence-corrected chi connectivity index (χ1v) is 17.1. The second-order valence-electron chi connectivity index (χ2n) is 13.7. The molecule has 4 aromatic carbocycles. The Labute approximate surface area is 282 Å². The molecule has 0 radical (unpaired) electrons. The minimum atomic E-state index is -0.462. The average molecular weight is 633 g/mol. The van der Waals surface area contributed by atoms with Crippen molar-refractivity contribution < 1.29 is 19.1 Å². The Bertz CT molecular complexity index is 1670. The van der Waals surface area contributed by atoms with Crippen LogP contribution in [0.25, 0.3) is 11.1 Å². The number of ether oxygens (including phenoxy) is 2. The average Bonchev–Trinajstić information content (AvgIpc) is 3.05. The van der Waals surface area contributed by atoms with Gasteiger partial charge >= 0.3 is 11.9 Å². The van der Waals surface area contributed by atoms with Crippen LogP contribution in [0.5, 0.6) is 5.75 Å². The number of benzene rings is 4. The Morgan fingerprint density at radius 3 is 1.38 bits per heavy atom. The predicted molar refractivity (Wildman–Crippen MR) is 194 cm³/mol. The summed E-state index contributed by atoms with van der Waals surface area (Å²) in [7, 11) is 0. The molecule has 0 saturated carbocycles. The Balaban J connectivity index is 1.44. The predicted octanol–water partition coefficient (Wildman–Crippen LogP) is 11.2. The third-order valence-corrected chi connectivity index (χ3v) is 10.3. The van der Waals surface area contributed by atoms with E-state index in [0.717, 1.165) is 54.4 Å². The highest BCUT2D eigenvalue weighted by Crippen LogP contribution is 2.37. The molecule has 4 nitrogen and oxygen atoms in total. The van der Waals surface area contributed by atoms with Gasteiger partial charge in [-0.2, -0.15) is 0 Å². The van der Waals surface area contributed by atoms with Crippen molar-refractivity contribution >= 4 is 11.9 Å². The molecule has 0 bridgehead atoms. The molecule has 0 heterocycles. The van der Waals surface area contributed by atoms with E-state index in [9.17, 15) is 9.59 Å². The molecule has 47 heavy (non-hydrogen) atoms. The molecule has 248 valence electrons. The van der Waals surface area contributed by atoms with Crippen molar-refractivity contribution in [2.24, 2.45) is 0 Å². The SMILES string of the molecule is CCC(C)(CC)OC(=O)c1ccc(-c2ccc(C(=O)Oc3c(C)cc(Cc4cc(C)c(C(C)(CC)CC)c(C)c4)cc3C)cc2)cc1. The zero-order valence-corrected chi connectivity index (χ0v) is 30.1. The van der Waals surface area contributed by atoms with E-state index in [1.807, 2.05) is 58.9 Å². The van der Waals surface area contributed by atoms with Gasteiger partial charge < -0.3 is 9.47 Å². The summed E-state index contributed by atoms with van der Waals surface area (Å²) in [5.74, 6) is -0.0950. The number of rotatable bonds is 12. The summed E-state index contributed by atoms with van der Waals surface area (Å²) in [6, 6.07) is 23.7. The van der Waals surface area contributed by atoms with Crippen LogP contribution >= 0.6 is 0 Å². The van der Waals surface area contributed by atoms with E-state index in [-0.39, 0.29) is 17.4 Å². The van der Waals surface area contributed by atoms with Crippen molar-refractivity contribution in [3.05, 3.63) is 123 Å². The topological polar surface area (TPSA) is 52.6 Å². The fourth-order valence-electron chi connectivity index (χ4n) is 6.68. The third kappa shape index (κ3) is 8.04. The highest BCUT2D eigenvalue weighted by Gasteiger charge is 2.27. The van der Waals surface area contributed by atoms with E-state index in [1.54, 1.807) is 24.3 Å². The molecule has 0 N–H and O–H groups in total.